The minimum atomic E-state index is -0.698. The first-order valence-corrected chi connectivity index (χ1v) is 6.97. The molecule has 1 aliphatic carbocycles. The third-order valence-corrected chi connectivity index (χ3v) is 3.62. The number of rotatable bonds is 4. The first-order chi connectivity index (χ1) is 9.14. The Hall–Kier alpha value is -1.55. The Kier molecular flexibility index (Phi) is 4.43. The number of nitrogens with one attached hydrogen (secondary N) is 1. The van der Waals surface area contributed by atoms with Crippen LogP contribution in [0.4, 0.5) is 5.69 Å². The molecule has 1 amide bonds. The third-order valence-electron chi connectivity index (χ3n) is 3.62. The zero-order chi connectivity index (χ0) is 13.7. The fourth-order valence-electron chi connectivity index (χ4n) is 2.47. The van der Waals surface area contributed by atoms with Crippen molar-refractivity contribution in [2.45, 2.75) is 44.6 Å². The van der Waals surface area contributed by atoms with Crippen molar-refractivity contribution < 1.29 is 9.53 Å². The molecule has 4 heteroatoms. The van der Waals surface area contributed by atoms with Crippen LogP contribution in [0.25, 0.3) is 0 Å². The number of nitrogens with two attached hydrogens (primary N) is 1. The predicted molar refractivity (Wildman–Crippen MR) is 76.2 cm³/mol. The molecule has 0 heterocycles. The van der Waals surface area contributed by atoms with Crippen LogP contribution in [0.3, 0.4) is 0 Å². The Balaban J connectivity index is 1.98. The first kappa shape index (κ1) is 13.9. The maximum Gasteiger partial charge on any atom is 0.244 e. The van der Waals surface area contributed by atoms with Gasteiger partial charge >= 0.3 is 0 Å². The summed E-state index contributed by atoms with van der Waals surface area (Å²) in [6, 6.07) is 7.39. The van der Waals surface area contributed by atoms with Crippen LogP contribution in [-0.4, -0.2) is 18.1 Å². The molecular formula is C15H22N2O2. The molecule has 1 saturated carbocycles. The highest BCUT2D eigenvalue weighted by atomic mass is 16.5. The minimum Gasteiger partial charge on any atom is -0.494 e. The molecule has 2 rings (SSSR count). The van der Waals surface area contributed by atoms with E-state index >= 15 is 0 Å². The Morgan fingerprint density at radius 2 is 1.89 bits per heavy atom. The van der Waals surface area contributed by atoms with Crippen LogP contribution >= 0.6 is 0 Å². The molecule has 0 radical (unpaired) electrons. The Labute approximate surface area is 114 Å². The van der Waals surface area contributed by atoms with Gasteiger partial charge in [-0.3, -0.25) is 4.79 Å². The van der Waals surface area contributed by atoms with E-state index in [9.17, 15) is 4.79 Å². The Bertz CT molecular complexity index is 422. The number of carbonyl (C=O) groups is 1. The number of ether oxygens (including phenoxy) is 1. The van der Waals surface area contributed by atoms with Crippen molar-refractivity contribution in [1.29, 1.82) is 0 Å². The van der Waals surface area contributed by atoms with Crippen molar-refractivity contribution >= 4 is 11.6 Å². The highest BCUT2D eigenvalue weighted by Crippen LogP contribution is 2.27. The second-order valence-corrected chi connectivity index (χ2v) is 5.13. The topological polar surface area (TPSA) is 64.3 Å². The highest BCUT2D eigenvalue weighted by molar-refractivity contribution is 5.98. The maximum absolute atomic E-state index is 12.2. The summed E-state index contributed by atoms with van der Waals surface area (Å²) < 4.78 is 5.36. The molecule has 0 saturated heterocycles. The van der Waals surface area contributed by atoms with Gasteiger partial charge in [0.05, 0.1) is 12.1 Å². The van der Waals surface area contributed by atoms with Gasteiger partial charge in [0.1, 0.15) is 5.75 Å². The van der Waals surface area contributed by atoms with Crippen molar-refractivity contribution in [2.24, 2.45) is 5.73 Å². The van der Waals surface area contributed by atoms with Crippen molar-refractivity contribution in [3.63, 3.8) is 0 Å². The number of benzene rings is 1. The lowest BCUT2D eigenvalue weighted by atomic mass is 9.82. The second-order valence-electron chi connectivity index (χ2n) is 5.13. The van der Waals surface area contributed by atoms with Crippen LogP contribution < -0.4 is 15.8 Å². The number of carbonyl (C=O) groups excluding carboxylic acids is 1. The minimum absolute atomic E-state index is 0.0728. The van der Waals surface area contributed by atoms with Crippen molar-refractivity contribution in [3.05, 3.63) is 24.3 Å². The average molecular weight is 262 g/mol. The molecule has 19 heavy (non-hydrogen) atoms. The summed E-state index contributed by atoms with van der Waals surface area (Å²) in [6.07, 6.45) is 4.79. The summed E-state index contributed by atoms with van der Waals surface area (Å²) in [4.78, 5) is 12.2. The van der Waals surface area contributed by atoms with Gasteiger partial charge in [-0.25, -0.2) is 0 Å². The molecule has 0 unspecified atom stereocenters. The van der Waals surface area contributed by atoms with E-state index in [-0.39, 0.29) is 5.91 Å². The van der Waals surface area contributed by atoms with Gasteiger partial charge in [-0.05, 0) is 44.0 Å². The molecular weight excluding hydrogens is 240 g/mol. The van der Waals surface area contributed by atoms with Gasteiger partial charge in [0.2, 0.25) is 5.91 Å². The van der Waals surface area contributed by atoms with E-state index in [1.165, 1.54) is 6.42 Å². The summed E-state index contributed by atoms with van der Waals surface area (Å²) in [5.41, 5.74) is 6.26. The zero-order valence-corrected chi connectivity index (χ0v) is 11.4. The number of hydrogen-bond donors (Lipinski definition) is 2. The third kappa shape index (κ3) is 3.47. The normalized spacial score (nSPS) is 17.8. The maximum atomic E-state index is 12.2. The monoisotopic (exact) mass is 262 g/mol. The first-order valence-electron chi connectivity index (χ1n) is 6.97. The van der Waals surface area contributed by atoms with Crippen LogP contribution in [-0.2, 0) is 4.79 Å². The van der Waals surface area contributed by atoms with Crippen LogP contribution in [0.1, 0.15) is 39.0 Å². The van der Waals surface area contributed by atoms with Gasteiger partial charge < -0.3 is 15.8 Å². The summed E-state index contributed by atoms with van der Waals surface area (Å²) in [7, 11) is 0. The lowest BCUT2D eigenvalue weighted by molar-refractivity contribution is -0.122. The van der Waals surface area contributed by atoms with E-state index in [4.69, 9.17) is 10.5 Å². The average Bonchev–Trinajstić information content (AvgIpc) is 2.42. The van der Waals surface area contributed by atoms with Crippen molar-refractivity contribution in [1.82, 2.24) is 0 Å². The molecule has 104 valence electrons. The number of hydrogen-bond acceptors (Lipinski definition) is 3. The van der Waals surface area contributed by atoms with Gasteiger partial charge in [-0.1, -0.05) is 19.3 Å². The van der Waals surface area contributed by atoms with Gasteiger partial charge in [0.15, 0.2) is 0 Å². The second kappa shape index (κ2) is 6.06. The van der Waals surface area contributed by atoms with Crippen LogP contribution in [0.5, 0.6) is 5.75 Å². The van der Waals surface area contributed by atoms with Crippen LogP contribution in [0, 0.1) is 0 Å². The molecule has 0 atom stereocenters. The molecule has 0 aromatic heterocycles. The summed E-state index contributed by atoms with van der Waals surface area (Å²) in [5.74, 6) is 0.733. The smallest absolute Gasteiger partial charge is 0.244 e. The van der Waals surface area contributed by atoms with Gasteiger partial charge in [-0.2, -0.15) is 0 Å². The predicted octanol–water partition coefficient (Wildman–Crippen LogP) is 2.69. The van der Waals surface area contributed by atoms with Gasteiger partial charge in [-0.15, -0.1) is 0 Å². The Morgan fingerprint density at radius 3 is 2.47 bits per heavy atom. The molecule has 0 bridgehead atoms. The SMILES string of the molecule is CCOc1ccc(NC(=O)C2(N)CCCCC2)cc1. The molecule has 1 aromatic rings. The van der Waals surface area contributed by atoms with E-state index in [2.05, 4.69) is 5.32 Å². The molecule has 0 aliphatic heterocycles. The molecule has 1 fully saturated rings. The molecule has 1 aliphatic rings. The van der Waals surface area contributed by atoms with Gasteiger partial charge in [0, 0.05) is 5.69 Å². The summed E-state index contributed by atoms with van der Waals surface area (Å²) in [6.45, 7) is 2.58. The lowest BCUT2D eigenvalue weighted by Gasteiger charge is -2.31. The molecule has 4 nitrogen and oxygen atoms in total. The van der Waals surface area contributed by atoms with E-state index in [0.717, 1.165) is 37.1 Å². The zero-order valence-electron chi connectivity index (χ0n) is 11.4. The quantitative estimate of drug-likeness (QED) is 0.876. The summed E-state index contributed by atoms with van der Waals surface area (Å²) in [5, 5.41) is 2.90. The molecule has 0 spiro atoms. The largest absolute Gasteiger partial charge is 0.494 e. The standard InChI is InChI=1S/C15H22N2O2/c1-2-19-13-8-6-12(7-9-13)17-14(18)15(16)10-4-3-5-11-15/h6-9H,2-5,10-11,16H2,1H3,(H,17,18). The van der Waals surface area contributed by atoms with Crippen molar-refractivity contribution in [3.8, 4) is 5.75 Å². The van der Waals surface area contributed by atoms with Gasteiger partial charge in [0.25, 0.3) is 0 Å². The fourth-order valence-corrected chi connectivity index (χ4v) is 2.47. The Morgan fingerprint density at radius 1 is 1.26 bits per heavy atom. The summed E-state index contributed by atoms with van der Waals surface area (Å²) >= 11 is 0. The lowest BCUT2D eigenvalue weighted by Crippen LogP contribution is -2.52. The highest BCUT2D eigenvalue weighted by Gasteiger charge is 2.35. The van der Waals surface area contributed by atoms with Crippen LogP contribution in [0.2, 0.25) is 0 Å². The number of anilines is 1. The van der Waals surface area contributed by atoms with E-state index < -0.39 is 5.54 Å². The number of amides is 1. The van der Waals surface area contributed by atoms with E-state index in [1.54, 1.807) is 0 Å². The van der Waals surface area contributed by atoms with Crippen molar-refractivity contribution in [2.75, 3.05) is 11.9 Å². The van der Waals surface area contributed by atoms with Crippen LogP contribution in [0.15, 0.2) is 24.3 Å². The fraction of sp³-hybridized carbons (Fsp3) is 0.533. The van der Waals surface area contributed by atoms with E-state index in [0.29, 0.717) is 6.61 Å². The molecule has 1 aromatic carbocycles. The molecule has 3 N–H and O–H groups in total. The van der Waals surface area contributed by atoms with E-state index in [1.807, 2.05) is 31.2 Å².